The molecule has 0 atom stereocenters. The molecule has 0 bridgehead atoms. The van der Waals surface area contributed by atoms with E-state index in [0.717, 1.165) is 12.8 Å². The van der Waals surface area contributed by atoms with Gasteiger partial charge in [-0.1, -0.05) is 24.3 Å². The summed E-state index contributed by atoms with van der Waals surface area (Å²) in [7, 11) is 0. The van der Waals surface area contributed by atoms with Crippen LogP contribution in [-0.4, -0.2) is 17.7 Å². The van der Waals surface area contributed by atoms with Crippen LogP contribution in [0.25, 0.3) is 0 Å². The van der Waals surface area contributed by atoms with Crippen LogP contribution in [0.15, 0.2) is 24.3 Å². The number of amides is 1. The van der Waals surface area contributed by atoms with Gasteiger partial charge in [-0.15, -0.1) is 0 Å². The van der Waals surface area contributed by atoms with Gasteiger partial charge < -0.3 is 10.1 Å². The quantitative estimate of drug-likeness (QED) is 0.810. The summed E-state index contributed by atoms with van der Waals surface area (Å²) in [6.45, 7) is 5.83. The zero-order valence-corrected chi connectivity index (χ0v) is 10.6. The lowest BCUT2D eigenvalue weighted by atomic mass is 10.1. The second kappa shape index (κ2) is 4.40. The van der Waals surface area contributed by atoms with Crippen LogP contribution < -0.4 is 5.32 Å². The fraction of sp³-hybridized carbons (Fsp3) is 0.500. The molecule has 0 aliphatic heterocycles. The van der Waals surface area contributed by atoms with Gasteiger partial charge in [0.05, 0.1) is 0 Å². The molecule has 2 rings (SSSR count). The fourth-order valence-electron chi connectivity index (χ4n) is 2.09. The van der Waals surface area contributed by atoms with Gasteiger partial charge in [0.1, 0.15) is 6.10 Å². The van der Waals surface area contributed by atoms with E-state index in [1.54, 1.807) is 0 Å². The van der Waals surface area contributed by atoms with E-state index >= 15 is 0 Å². The van der Waals surface area contributed by atoms with E-state index in [1.165, 1.54) is 11.1 Å². The van der Waals surface area contributed by atoms with Gasteiger partial charge in [0.15, 0.2) is 0 Å². The number of carbonyl (C=O) groups excluding carboxylic acids is 1. The summed E-state index contributed by atoms with van der Waals surface area (Å²) < 4.78 is 5.42. The molecule has 0 heterocycles. The van der Waals surface area contributed by atoms with E-state index in [9.17, 15) is 4.79 Å². The van der Waals surface area contributed by atoms with E-state index in [2.05, 4.69) is 17.4 Å². The first-order chi connectivity index (χ1) is 7.94. The van der Waals surface area contributed by atoms with Crippen LogP contribution in [0, 0.1) is 0 Å². The summed E-state index contributed by atoms with van der Waals surface area (Å²) in [6.07, 6.45) is 1.31. The minimum absolute atomic E-state index is 0.0188. The van der Waals surface area contributed by atoms with Crippen LogP contribution in [0.3, 0.4) is 0 Å². The van der Waals surface area contributed by atoms with Crippen LogP contribution in [0.2, 0.25) is 0 Å². The number of alkyl carbamates (subject to hydrolysis) is 1. The topological polar surface area (TPSA) is 38.3 Å². The van der Waals surface area contributed by atoms with E-state index < -0.39 is 0 Å². The first-order valence-electron chi connectivity index (χ1n) is 5.99. The molecule has 1 aromatic carbocycles. The predicted octanol–water partition coefficient (Wildman–Crippen LogP) is 2.68. The minimum atomic E-state index is -0.324. The van der Waals surface area contributed by atoms with Gasteiger partial charge in [0, 0.05) is 18.4 Å². The minimum Gasteiger partial charge on any atom is -0.446 e. The Bertz CT molecular complexity index is 395. The number of hydrogen-bond acceptors (Lipinski definition) is 2. The predicted molar refractivity (Wildman–Crippen MR) is 67.0 cm³/mol. The molecule has 3 heteroatoms. The third kappa shape index (κ3) is 3.22. The van der Waals surface area contributed by atoms with Gasteiger partial charge in [-0.2, -0.15) is 0 Å². The molecular formula is C14H19NO2. The van der Waals surface area contributed by atoms with Crippen LogP contribution in [-0.2, 0) is 17.6 Å². The van der Waals surface area contributed by atoms with Crippen LogP contribution in [0.1, 0.15) is 31.9 Å². The van der Waals surface area contributed by atoms with E-state index in [1.807, 2.05) is 32.9 Å². The summed E-state index contributed by atoms with van der Waals surface area (Å²) in [5.41, 5.74) is 2.34. The second-order valence-electron chi connectivity index (χ2n) is 5.58. The summed E-state index contributed by atoms with van der Waals surface area (Å²) in [6, 6.07) is 8.24. The molecule has 1 aliphatic carbocycles. The van der Waals surface area contributed by atoms with Gasteiger partial charge in [-0.25, -0.2) is 4.79 Å². The Hall–Kier alpha value is -1.51. The third-order valence-corrected chi connectivity index (χ3v) is 2.76. The molecule has 0 saturated carbocycles. The van der Waals surface area contributed by atoms with Crippen molar-refractivity contribution in [2.45, 2.75) is 45.3 Å². The molecule has 1 aliphatic rings. The van der Waals surface area contributed by atoms with Crippen molar-refractivity contribution in [1.82, 2.24) is 5.32 Å². The van der Waals surface area contributed by atoms with Crippen molar-refractivity contribution in [3.8, 4) is 0 Å². The Kier molecular flexibility index (Phi) is 3.09. The third-order valence-electron chi connectivity index (χ3n) is 2.76. The van der Waals surface area contributed by atoms with Crippen molar-refractivity contribution in [2.24, 2.45) is 0 Å². The lowest BCUT2D eigenvalue weighted by Crippen LogP contribution is -2.42. The maximum Gasteiger partial charge on any atom is 0.407 e. The first kappa shape index (κ1) is 12.0. The number of benzene rings is 1. The van der Waals surface area contributed by atoms with Crippen molar-refractivity contribution in [1.29, 1.82) is 0 Å². The largest absolute Gasteiger partial charge is 0.446 e. The Morgan fingerprint density at radius 3 is 2.24 bits per heavy atom. The monoisotopic (exact) mass is 233 g/mol. The van der Waals surface area contributed by atoms with Gasteiger partial charge in [0.25, 0.3) is 0 Å². The average molecular weight is 233 g/mol. The summed E-state index contributed by atoms with van der Waals surface area (Å²) in [4.78, 5) is 11.6. The lowest BCUT2D eigenvalue weighted by Gasteiger charge is -2.21. The molecule has 92 valence electrons. The van der Waals surface area contributed by atoms with Gasteiger partial charge in [-0.3, -0.25) is 0 Å². The van der Waals surface area contributed by atoms with E-state index in [4.69, 9.17) is 4.74 Å². The number of fused-ring (bicyclic) bond motifs is 1. The van der Waals surface area contributed by atoms with Gasteiger partial charge in [0.2, 0.25) is 0 Å². The second-order valence-corrected chi connectivity index (χ2v) is 5.58. The van der Waals surface area contributed by atoms with Crippen LogP contribution in [0.4, 0.5) is 4.79 Å². The average Bonchev–Trinajstić information content (AvgIpc) is 2.55. The standard InChI is InChI=1S/C14H19NO2/c1-14(2,3)15-13(16)17-12-8-10-6-4-5-7-11(10)9-12/h4-7,12H,8-9H2,1-3H3,(H,15,16). The number of rotatable bonds is 1. The van der Waals surface area contributed by atoms with Crippen molar-refractivity contribution in [3.05, 3.63) is 35.4 Å². The van der Waals surface area contributed by atoms with Gasteiger partial charge in [-0.05, 0) is 31.9 Å². The first-order valence-corrected chi connectivity index (χ1v) is 5.99. The zero-order valence-electron chi connectivity index (χ0n) is 10.6. The molecule has 0 unspecified atom stereocenters. The Labute approximate surface area is 102 Å². The van der Waals surface area contributed by atoms with Crippen molar-refractivity contribution in [3.63, 3.8) is 0 Å². The molecule has 0 aromatic heterocycles. The maximum absolute atomic E-state index is 11.6. The number of hydrogen-bond donors (Lipinski definition) is 1. The molecule has 17 heavy (non-hydrogen) atoms. The van der Waals surface area contributed by atoms with Crippen molar-refractivity contribution >= 4 is 6.09 Å². The molecule has 3 nitrogen and oxygen atoms in total. The molecule has 0 fully saturated rings. The van der Waals surface area contributed by atoms with E-state index in [0.29, 0.717) is 0 Å². The maximum atomic E-state index is 11.6. The highest BCUT2D eigenvalue weighted by Gasteiger charge is 2.25. The molecule has 0 spiro atoms. The number of ether oxygens (including phenoxy) is 1. The molecule has 0 saturated heterocycles. The highest BCUT2D eigenvalue weighted by atomic mass is 16.6. The Morgan fingerprint density at radius 2 is 1.76 bits per heavy atom. The highest BCUT2D eigenvalue weighted by Crippen LogP contribution is 2.23. The summed E-state index contributed by atoms with van der Waals surface area (Å²) in [5, 5.41) is 2.81. The fourth-order valence-corrected chi connectivity index (χ4v) is 2.09. The smallest absolute Gasteiger partial charge is 0.407 e. The number of carbonyl (C=O) groups is 1. The van der Waals surface area contributed by atoms with E-state index in [-0.39, 0.29) is 17.7 Å². The van der Waals surface area contributed by atoms with Gasteiger partial charge >= 0.3 is 6.09 Å². The number of nitrogens with one attached hydrogen (secondary N) is 1. The van der Waals surface area contributed by atoms with Crippen LogP contribution >= 0.6 is 0 Å². The molecule has 1 aromatic rings. The molecule has 1 N–H and O–H groups in total. The SMILES string of the molecule is CC(C)(C)NC(=O)OC1Cc2ccccc2C1. The van der Waals surface area contributed by atoms with Crippen LogP contribution in [0.5, 0.6) is 0 Å². The lowest BCUT2D eigenvalue weighted by molar-refractivity contribution is 0.0961. The summed E-state index contributed by atoms with van der Waals surface area (Å²) >= 11 is 0. The molecule has 1 amide bonds. The Balaban J connectivity index is 1.90. The summed E-state index contributed by atoms with van der Waals surface area (Å²) in [5.74, 6) is 0. The van der Waals surface area contributed by atoms with Crippen molar-refractivity contribution in [2.75, 3.05) is 0 Å². The zero-order chi connectivity index (χ0) is 12.5. The molecule has 0 radical (unpaired) electrons. The normalized spacial score (nSPS) is 15.5. The Morgan fingerprint density at radius 1 is 1.24 bits per heavy atom. The van der Waals surface area contributed by atoms with Crippen molar-refractivity contribution < 1.29 is 9.53 Å². The highest BCUT2D eigenvalue weighted by molar-refractivity contribution is 5.68. The molecular weight excluding hydrogens is 214 g/mol.